The molecule has 0 amide bonds. The minimum Gasteiger partial charge on any atom is -0.455 e. The number of nitrogens with zero attached hydrogens (tertiary/aromatic N) is 2. The summed E-state index contributed by atoms with van der Waals surface area (Å²) >= 11 is 0. The summed E-state index contributed by atoms with van der Waals surface area (Å²) in [5.41, 5.74) is 17.7. The number of aromatic nitrogens is 2. The van der Waals surface area contributed by atoms with E-state index >= 15 is 0 Å². The lowest BCUT2D eigenvalue weighted by atomic mass is 9.84. The van der Waals surface area contributed by atoms with Gasteiger partial charge in [-0.15, -0.1) is 0 Å². The van der Waals surface area contributed by atoms with Crippen LogP contribution in [-0.4, -0.2) is 9.55 Å². The molecule has 0 N–H and O–H groups in total. The topological polar surface area (TPSA) is 31.0 Å². The Labute approximate surface area is 353 Å². The maximum Gasteiger partial charge on any atom is 0.149 e. The van der Waals surface area contributed by atoms with Crippen LogP contribution in [-0.2, 0) is 5.41 Å². The van der Waals surface area contributed by atoms with Crippen molar-refractivity contribution in [1.29, 1.82) is 0 Å². The number of hydrogen-bond donors (Lipinski definition) is 0. The maximum absolute atomic E-state index is 6.94. The molecule has 2 heterocycles. The molecule has 0 saturated carbocycles. The second kappa shape index (κ2) is 14.1. The van der Waals surface area contributed by atoms with Crippen molar-refractivity contribution in [3.05, 3.63) is 167 Å². The monoisotopic (exact) mass is 780 g/mol. The molecular formula is C57H52N2O. The van der Waals surface area contributed by atoms with Crippen molar-refractivity contribution in [2.24, 2.45) is 0 Å². The summed E-state index contributed by atoms with van der Waals surface area (Å²) in [4.78, 5) is 5.44. The van der Waals surface area contributed by atoms with Crippen LogP contribution in [0.5, 0.6) is 0 Å². The largest absolute Gasteiger partial charge is 0.455 e. The number of aryl methyl sites for hydroxylation is 2. The number of fused-ring (bicyclic) bond motifs is 7. The van der Waals surface area contributed by atoms with E-state index < -0.39 is 0 Å². The van der Waals surface area contributed by atoms with Crippen LogP contribution in [0.3, 0.4) is 0 Å². The molecule has 3 nitrogen and oxygen atoms in total. The first-order chi connectivity index (χ1) is 28.9. The van der Waals surface area contributed by atoms with Gasteiger partial charge in [0.1, 0.15) is 17.0 Å². The summed E-state index contributed by atoms with van der Waals surface area (Å²) in [6.45, 7) is 20.6. The van der Waals surface area contributed by atoms with Crippen LogP contribution < -0.4 is 0 Å². The molecule has 0 radical (unpaired) electrons. The van der Waals surface area contributed by atoms with Crippen molar-refractivity contribution < 1.29 is 4.42 Å². The molecule has 0 saturated heterocycles. The zero-order valence-electron chi connectivity index (χ0n) is 36.2. The van der Waals surface area contributed by atoms with E-state index in [-0.39, 0.29) is 17.3 Å². The van der Waals surface area contributed by atoms with Crippen molar-refractivity contribution in [2.45, 2.75) is 79.6 Å². The first-order valence-corrected chi connectivity index (χ1v) is 21.5. The van der Waals surface area contributed by atoms with Crippen LogP contribution in [0.25, 0.3) is 93.8 Å². The molecule has 0 fully saturated rings. The summed E-state index contributed by atoms with van der Waals surface area (Å²) in [6.07, 6.45) is 0. The molecule has 0 spiro atoms. The van der Waals surface area contributed by atoms with E-state index in [2.05, 4.69) is 206 Å². The Hall–Kier alpha value is -6.45. The fraction of sp³-hybridized carbons (Fsp3) is 0.211. The van der Waals surface area contributed by atoms with Crippen molar-refractivity contribution in [3.8, 4) is 39.3 Å². The van der Waals surface area contributed by atoms with E-state index in [1.165, 1.54) is 77.3 Å². The van der Waals surface area contributed by atoms with Crippen molar-refractivity contribution in [3.63, 3.8) is 0 Å². The number of rotatable bonds is 6. The van der Waals surface area contributed by atoms with E-state index in [0.29, 0.717) is 0 Å². The normalized spacial score (nSPS) is 12.4. The average Bonchev–Trinajstić information content (AvgIpc) is 3.80. The zero-order valence-corrected chi connectivity index (χ0v) is 36.2. The van der Waals surface area contributed by atoms with Gasteiger partial charge in [0.15, 0.2) is 0 Å². The van der Waals surface area contributed by atoms with Gasteiger partial charge >= 0.3 is 0 Å². The highest BCUT2D eigenvalue weighted by Gasteiger charge is 2.26. The summed E-state index contributed by atoms with van der Waals surface area (Å²) in [5.74, 6) is 1.39. The molecule has 0 aliphatic heterocycles. The van der Waals surface area contributed by atoms with Gasteiger partial charge in [0.2, 0.25) is 0 Å². The van der Waals surface area contributed by atoms with Crippen molar-refractivity contribution in [2.75, 3.05) is 0 Å². The number of para-hydroxylation sites is 3. The van der Waals surface area contributed by atoms with E-state index in [1.54, 1.807) is 0 Å². The van der Waals surface area contributed by atoms with Gasteiger partial charge in [-0.3, -0.25) is 4.57 Å². The fourth-order valence-electron chi connectivity index (χ4n) is 9.49. The molecule has 0 atom stereocenters. The first-order valence-electron chi connectivity index (χ1n) is 21.5. The lowest BCUT2D eigenvalue weighted by molar-refractivity contribution is 0.590. The molecular weight excluding hydrogens is 729 g/mol. The highest BCUT2D eigenvalue weighted by Crippen LogP contribution is 2.44. The van der Waals surface area contributed by atoms with Gasteiger partial charge in [0.25, 0.3) is 0 Å². The Kier molecular flexibility index (Phi) is 8.88. The molecule has 2 aromatic heterocycles. The minimum absolute atomic E-state index is 0.119. The van der Waals surface area contributed by atoms with Crippen LogP contribution in [0, 0.1) is 13.8 Å². The Bertz CT molecular complexity index is 3300. The molecule has 8 aromatic carbocycles. The summed E-state index contributed by atoms with van der Waals surface area (Å²) in [5, 5.41) is 7.08. The van der Waals surface area contributed by atoms with Gasteiger partial charge in [-0.05, 0) is 145 Å². The molecule has 0 unspecified atom stereocenters. The van der Waals surface area contributed by atoms with Crippen LogP contribution in [0.2, 0.25) is 0 Å². The minimum atomic E-state index is 0.119. The second-order valence-corrected chi connectivity index (χ2v) is 18.5. The van der Waals surface area contributed by atoms with Crippen molar-refractivity contribution in [1.82, 2.24) is 9.55 Å². The SMILES string of the molecule is Cc1cc(-c2ccc(C(C)(C)C)cc2C)ccc1-c1cc(C(C)C)c(-n2c(-c3cccc4c3oc3cc5c(ccc6ccccc65)cc34)nc3ccccc32)c(C(C)C)c1. The van der Waals surface area contributed by atoms with Gasteiger partial charge in [-0.25, -0.2) is 4.98 Å². The Morgan fingerprint density at radius 2 is 1.20 bits per heavy atom. The van der Waals surface area contributed by atoms with Gasteiger partial charge < -0.3 is 4.42 Å². The second-order valence-electron chi connectivity index (χ2n) is 18.5. The van der Waals surface area contributed by atoms with Crippen LogP contribution >= 0.6 is 0 Å². The molecule has 0 aliphatic carbocycles. The van der Waals surface area contributed by atoms with Crippen LogP contribution in [0.4, 0.5) is 0 Å². The highest BCUT2D eigenvalue weighted by molar-refractivity contribution is 6.17. The van der Waals surface area contributed by atoms with Crippen molar-refractivity contribution >= 4 is 54.5 Å². The predicted octanol–water partition coefficient (Wildman–Crippen LogP) is 16.4. The van der Waals surface area contributed by atoms with Gasteiger partial charge in [-0.1, -0.05) is 146 Å². The van der Waals surface area contributed by atoms with Crippen LogP contribution in [0.1, 0.15) is 88.1 Å². The first kappa shape index (κ1) is 37.8. The quantitative estimate of drug-likeness (QED) is 0.157. The standard InChI is InChI=1S/C57H52N2O/c1-33(2)47-30-40(43-25-23-38(27-35(43)5)42-26-24-41(28-36(42)6)57(7,8)9)31-48(34(3)4)54(47)59-52-20-13-12-19-51(52)58-56(59)46-18-14-17-45-50-29-39-22-21-37-15-10-11-16-44(37)49(39)32-53(50)60-55(45)46/h10-34H,1-9H3. The molecule has 0 bridgehead atoms. The fourth-order valence-corrected chi connectivity index (χ4v) is 9.49. The average molecular weight is 781 g/mol. The lowest BCUT2D eigenvalue weighted by Gasteiger charge is -2.25. The van der Waals surface area contributed by atoms with Gasteiger partial charge in [-0.2, -0.15) is 0 Å². The van der Waals surface area contributed by atoms with Gasteiger partial charge in [0.05, 0.1) is 22.3 Å². The van der Waals surface area contributed by atoms with E-state index in [9.17, 15) is 0 Å². The Balaban J connectivity index is 1.16. The molecule has 60 heavy (non-hydrogen) atoms. The van der Waals surface area contributed by atoms with Gasteiger partial charge in [0, 0.05) is 10.8 Å². The summed E-state index contributed by atoms with van der Waals surface area (Å²) in [6, 6.07) is 51.5. The third-order valence-electron chi connectivity index (χ3n) is 12.7. The lowest BCUT2D eigenvalue weighted by Crippen LogP contribution is -2.11. The van der Waals surface area contributed by atoms with E-state index in [0.717, 1.165) is 44.4 Å². The molecule has 0 aliphatic rings. The number of benzene rings is 8. The summed E-state index contributed by atoms with van der Waals surface area (Å²) in [7, 11) is 0. The predicted molar refractivity (Wildman–Crippen MR) is 256 cm³/mol. The third kappa shape index (κ3) is 6.13. The molecule has 10 rings (SSSR count). The molecule has 3 heteroatoms. The van der Waals surface area contributed by atoms with Crippen LogP contribution in [0.15, 0.2) is 144 Å². The zero-order chi connectivity index (χ0) is 41.6. The number of furan rings is 1. The third-order valence-corrected chi connectivity index (χ3v) is 12.7. The maximum atomic E-state index is 6.94. The summed E-state index contributed by atoms with van der Waals surface area (Å²) < 4.78 is 9.37. The van der Waals surface area contributed by atoms with E-state index in [4.69, 9.17) is 9.40 Å². The Morgan fingerprint density at radius 3 is 1.93 bits per heavy atom. The smallest absolute Gasteiger partial charge is 0.149 e. The van der Waals surface area contributed by atoms with E-state index in [1.807, 2.05) is 0 Å². The molecule has 296 valence electrons. The highest BCUT2D eigenvalue weighted by atomic mass is 16.3. The Morgan fingerprint density at radius 1 is 0.533 bits per heavy atom. The molecule has 10 aromatic rings. The number of imidazole rings is 1. The number of hydrogen-bond acceptors (Lipinski definition) is 2.